The van der Waals surface area contributed by atoms with Gasteiger partial charge in [0.15, 0.2) is 17.2 Å². The number of carbonyl (C=O) groups is 1. The lowest BCUT2D eigenvalue weighted by Gasteiger charge is -2.41. The highest BCUT2D eigenvalue weighted by molar-refractivity contribution is 5.89. The summed E-state index contributed by atoms with van der Waals surface area (Å²) in [6.45, 7) is 8.84. The van der Waals surface area contributed by atoms with Crippen LogP contribution in [0, 0.1) is 5.41 Å². The van der Waals surface area contributed by atoms with Crippen LogP contribution in [0.3, 0.4) is 0 Å². The third-order valence-corrected chi connectivity index (χ3v) is 5.93. The van der Waals surface area contributed by atoms with Crippen molar-refractivity contribution in [3.8, 4) is 0 Å². The van der Waals surface area contributed by atoms with Gasteiger partial charge in [-0.3, -0.25) is 4.79 Å². The van der Waals surface area contributed by atoms with Crippen molar-refractivity contribution in [2.24, 2.45) is 5.41 Å². The largest absolute Gasteiger partial charge is 0.376 e. The minimum Gasteiger partial charge on any atom is -0.376 e. The van der Waals surface area contributed by atoms with E-state index in [-0.39, 0.29) is 24.3 Å². The van der Waals surface area contributed by atoms with Crippen LogP contribution in [0.15, 0.2) is 24.3 Å². The van der Waals surface area contributed by atoms with E-state index in [1.807, 2.05) is 39.0 Å². The van der Waals surface area contributed by atoms with Gasteiger partial charge in [0.25, 0.3) is 0 Å². The minimum atomic E-state index is -1.44. The third-order valence-electron chi connectivity index (χ3n) is 5.93. The Morgan fingerprint density at radius 3 is 2.71 bits per heavy atom. The average Bonchev–Trinajstić information content (AvgIpc) is 2.90. The summed E-state index contributed by atoms with van der Waals surface area (Å²) in [5.41, 5.74) is 0.456. The SMILES string of the molecule is CC(=O)[C@]12COCCN3c4ccccc4[C@H]([C@H]31)[C@](O)(C(C)(C)C)O2. The zero-order valence-corrected chi connectivity index (χ0v) is 14.7. The van der Waals surface area contributed by atoms with Gasteiger partial charge in [0.2, 0.25) is 0 Å². The molecule has 0 aromatic heterocycles. The predicted molar refractivity (Wildman–Crippen MR) is 90.0 cm³/mol. The average molecular weight is 331 g/mol. The van der Waals surface area contributed by atoms with Crippen molar-refractivity contribution in [1.29, 1.82) is 0 Å². The number of hydrogen-bond acceptors (Lipinski definition) is 5. The smallest absolute Gasteiger partial charge is 0.180 e. The van der Waals surface area contributed by atoms with Gasteiger partial charge >= 0.3 is 0 Å². The molecule has 1 aromatic rings. The first-order valence-corrected chi connectivity index (χ1v) is 8.59. The minimum absolute atomic E-state index is 0.0858. The molecule has 0 unspecified atom stereocenters. The van der Waals surface area contributed by atoms with Crippen LogP contribution in [-0.4, -0.2) is 48.1 Å². The molecule has 3 heterocycles. The van der Waals surface area contributed by atoms with E-state index in [1.165, 1.54) is 0 Å². The summed E-state index contributed by atoms with van der Waals surface area (Å²) in [6, 6.07) is 7.86. The molecule has 4 rings (SSSR count). The Morgan fingerprint density at radius 2 is 2.04 bits per heavy atom. The van der Waals surface area contributed by atoms with Crippen molar-refractivity contribution >= 4 is 11.5 Å². The first-order valence-electron chi connectivity index (χ1n) is 8.59. The fraction of sp³-hybridized carbons (Fsp3) is 0.632. The molecular weight excluding hydrogens is 306 g/mol. The second-order valence-electron chi connectivity index (χ2n) is 8.22. The Labute approximate surface area is 142 Å². The van der Waals surface area contributed by atoms with E-state index in [2.05, 4.69) is 11.0 Å². The second kappa shape index (κ2) is 4.81. The number of Topliss-reactive ketones (excluding diaryl/α,β-unsaturated/α-hetero) is 1. The summed E-state index contributed by atoms with van der Waals surface area (Å²) in [4.78, 5) is 14.9. The fourth-order valence-corrected chi connectivity index (χ4v) is 4.62. The van der Waals surface area contributed by atoms with Gasteiger partial charge in [-0.15, -0.1) is 0 Å². The van der Waals surface area contributed by atoms with Crippen LogP contribution in [0.1, 0.15) is 39.2 Å². The molecule has 0 bridgehead atoms. The highest BCUT2D eigenvalue weighted by Gasteiger charge is 2.72. The summed E-state index contributed by atoms with van der Waals surface area (Å²) in [7, 11) is 0. The van der Waals surface area contributed by atoms with E-state index in [1.54, 1.807) is 6.92 Å². The number of ether oxygens (including phenoxy) is 2. The Kier molecular flexibility index (Phi) is 3.22. The highest BCUT2D eigenvalue weighted by Crippen LogP contribution is 2.61. The van der Waals surface area contributed by atoms with Gasteiger partial charge in [-0.1, -0.05) is 39.0 Å². The van der Waals surface area contributed by atoms with Crippen LogP contribution in [0.4, 0.5) is 5.69 Å². The quantitative estimate of drug-likeness (QED) is 0.854. The molecule has 0 spiro atoms. The van der Waals surface area contributed by atoms with E-state index in [0.717, 1.165) is 11.3 Å². The van der Waals surface area contributed by atoms with Crippen molar-refractivity contribution in [2.45, 2.75) is 51.0 Å². The zero-order chi connectivity index (χ0) is 17.3. The van der Waals surface area contributed by atoms with Crippen molar-refractivity contribution in [1.82, 2.24) is 0 Å². The topological polar surface area (TPSA) is 59.0 Å². The highest BCUT2D eigenvalue weighted by atomic mass is 16.7. The first kappa shape index (κ1) is 16.1. The second-order valence-corrected chi connectivity index (χ2v) is 8.22. The predicted octanol–water partition coefficient (Wildman–Crippen LogP) is 2.08. The van der Waals surface area contributed by atoms with Crippen molar-refractivity contribution in [3.63, 3.8) is 0 Å². The van der Waals surface area contributed by atoms with Crippen LogP contribution in [0.25, 0.3) is 0 Å². The molecule has 0 aliphatic carbocycles. The van der Waals surface area contributed by atoms with Crippen LogP contribution < -0.4 is 4.90 Å². The van der Waals surface area contributed by atoms with Crippen LogP contribution in [0.5, 0.6) is 0 Å². The van der Waals surface area contributed by atoms with E-state index < -0.39 is 16.8 Å². The van der Waals surface area contributed by atoms with Crippen LogP contribution in [0.2, 0.25) is 0 Å². The van der Waals surface area contributed by atoms with Gasteiger partial charge in [-0.2, -0.15) is 0 Å². The Hall–Kier alpha value is -1.43. The molecule has 130 valence electrons. The molecular formula is C19H25NO4. The number of carbonyl (C=O) groups excluding carboxylic acids is 1. The summed E-state index contributed by atoms with van der Waals surface area (Å²) < 4.78 is 12.0. The molecule has 24 heavy (non-hydrogen) atoms. The summed E-state index contributed by atoms with van der Waals surface area (Å²) in [5.74, 6) is -1.80. The number of ketones is 1. The molecule has 2 saturated heterocycles. The summed E-state index contributed by atoms with van der Waals surface area (Å²) in [5, 5.41) is 11.6. The molecule has 4 atom stereocenters. The summed E-state index contributed by atoms with van der Waals surface area (Å²) >= 11 is 0. The molecule has 3 aliphatic rings. The van der Waals surface area contributed by atoms with E-state index in [4.69, 9.17) is 9.47 Å². The molecule has 3 aliphatic heterocycles. The number of fused-ring (bicyclic) bond motifs is 3. The molecule has 0 saturated carbocycles. The number of benzene rings is 1. The van der Waals surface area contributed by atoms with E-state index >= 15 is 0 Å². The van der Waals surface area contributed by atoms with Gasteiger partial charge in [0, 0.05) is 17.6 Å². The number of nitrogens with zero attached hydrogens (tertiary/aromatic N) is 1. The third kappa shape index (κ3) is 1.78. The maximum absolute atomic E-state index is 12.7. The van der Waals surface area contributed by atoms with Crippen LogP contribution in [-0.2, 0) is 14.3 Å². The molecule has 1 aromatic carbocycles. The molecule has 0 radical (unpaired) electrons. The van der Waals surface area contributed by atoms with E-state index in [9.17, 15) is 9.90 Å². The Morgan fingerprint density at radius 1 is 1.33 bits per heavy atom. The zero-order valence-electron chi connectivity index (χ0n) is 14.7. The van der Waals surface area contributed by atoms with Gasteiger partial charge in [-0.25, -0.2) is 0 Å². The molecule has 1 N–H and O–H groups in total. The van der Waals surface area contributed by atoms with Crippen molar-refractivity contribution in [2.75, 3.05) is 24.7 Å². The summed E-state index contributed by atoms with van der Waals surface area (Å²) in [6.07, 6.45) is 0. The van der Waals surface area contributed by atoms with Gasteiger partial charge < -0.3 is 19.5 Å². The maximum atomic E-state index is 12.7. The van der Waals surface area contributed by atoms with Crippen molar-refractivity contribution in [3.05, 3.63) is 29.8 Å². The number of rotatable bonds is 1. The molecule has 5 heteroatoms. The molecule has 0 amide bonds. The number of aliphatic hydroxyl groups is 1. The Bertz CT molecular complexity index is 697. The molecule has 2 fully saturated rings. The Balaban J connectivity index is 1.99. The number of para-hydroxylation sites is 1. The first-order chi connectivity index (χ1) is 11.2. The van der Waals surface area contributed by atoms with E-state index in [0.29, 0.717) is 13.2 Å². The monoisotopic (exact) mass is 331 g/mol. The number of hydrogen-bond donors (Lipinski definition) is 1. The van der Waals surface area contributed by atoms with Gasteiger partial charge in [0.05, 0.1) is 25.2 Å². The number of anilines is 1. The maximum Gasteiger partial charge on any atom is 0.180 e. The molecule has 5 nitrogen and oxygen atoms in total. The normalized spacial score (nSPS) is 37.8. The van der Waals surface area contributed by atoms with Crippen LogP contribution >= 0.6 is 0 Å². The van der Waals surface area contributed by atoms with Crippen molar-refractivity contribution < 1.29 is 19.4 Å². The fourth-order valence-electron chi connectivity index (χ4n) is 4.62. The standard InChI is InChI=1S/C19H25NO4/c1-12(21)18-11-23-10-9-20-14-8-6-5-7-13(14)15(16(18)20)19(22,24-18)17(2,3)4/h5-8,15-16,22H,9-11H2,1-4H3/t15-,16+,18-,19-/m1/s1. The lowest BCUT2D eigenvalue weighted by Crippen LogP contribution is -2.55. The lowest BCUT2D eigenvalue weighted by atomic mass is 9.72. The lowest BCUT2D eigenvalue weighted by molar-refractivity contribution is -0.279. The van der Waals surface area contributed by atoms with Gasteiger partial charge in [-0.05, 0) is 18.6 Å². The van der Waals surface area contributed by atoms with Gasteiger partial charge in [0.1, 0.15) is 0 Å².